The predicted molar refractivity (Wildman–Crippen MR) is 92.4 cm³/mol. The van der Waals surface area contributed by atoms with E-state index < -0.39 is 0 Å². The molecule has 0 bridgehead atoms. The molecule has 120 valence electrons. The number of pyridine rings is 1. The van der Waals surface area contributed by atoms with Gasteiger partial charge in [0, 0.05) is 42.3 Å². The van der Waals surface area contributed by atoms with Gasteiger partial charge in [-0.05, 0) is 31.5 Å². The van der Waals surface area contributed by atoms with Crippen LogP contribution in [0.25, 0.3) is 16.9 Å². The normalized spacial score (nSPS) is 11.0. The molecule has 0 saturated carbocycles. The van der Waals surface area contributed by atoms with Gasteiger partial charge in [0.05, 0.1) is 5.69 Å². The minimum Gasteiger partial charge on any atom is -0.370 e. The summed E-state index contributed by atoms with van der Waals surface area (Å²) in [7, 11) is 0. The van der Waals surface area contributed by atoms with Crippen LogP contribution < -0.4 is 11.1 Å². The Morgan fingerprint density at radius 2 is 2.04 bits per heavy atom. The standard InChI is InChI=1S/C17H22N6/c1-2-4-14-11-16(20-8-3-7-18)23-17(21-14)12-15(22-23)13-5-9-19-10-6-13/h5-6,9-12,20H,2-4,7-8,18H2,1H3. The van der Waals surface area contributed by atoms with E-state index in [0.29, 0.717) is 6.54 Å². The van der Waals surface area contributed by atoms with E-state index in [1.165, 1.54) is 0 Å². The first kappa shape index (κ1) is 15.4. The number of hydrogen-bond donors (Lipinski definition) is 2. The van der Waals surface area contributed by atoms with Gasteiger partial charge in [0.2, 0.25) is 0 Å². The second-order valence-corrected chi connectivity index (χ2v) is 5.49. The predicted octanol–water partition coefficient (Wildman–Crippen LogP) is 2.50. The SMILES string of the molecule is CCCc1cc(NCCCN)n2nc(-c3ccncc3)cc2n1. The van der Waals surface area contributed by atoms with E-state index in [-0.39, 0.29) is 0 Å². The molecule has 6 nitrogen and oxygen atoms in total. The van der Waals surface area contributed by atoms with E-state index in [1.54, 1.807) is 12.4 Å². The highest BCUT2D eigenvalue weighted by Crippen LogP contribution is 2.21. The number of aryl methyl sites for hydroxylation is 1. The molecule has 3 rings (SSSR count). The number of nitrogens with one attached hydrogen (secondary N) is 1. The minimum absolute atomic E-state index is 0.671. The van der Waals surface area contributed by atoms with E-state index in [9.17, 15) is 0 Å². The second-order valence-electron chi connectivity index (χ2n) is 5.49. The molecule has 23 heavy (non-hydrogen) atoms. The summed E-state index contributed by atoms with van der Waals surface area (Å²) in [6, 6.07) is 8.01. The summed E-state index contributed by atoms with van der Waals surface area (Å²) in [5.74, 6) is 0.965. The van der Waals surface area contributed by atoms with Gasteiger partial charge >= 0.3 is 0 Å². The van der Waals surface area contributed by atoms with Crippen molar-refractivity contribution in [3.8, 4) is 11.3 Å². The van der Waals surface area contributed by atoms with E-state index in [4.69, 9.17) is 15.8 Å². The molecule has 0 atom stereocenters. The van der Waals surface area contributed by atoms with Gasteiger partial charge in [-0.15, -0.1) is 0 Å². The van der Waals surface area contributed by atoms with Crippen LogP contribution in [0.15, 0.2) is 36.7 Å². The monoisotopic (exact) mass is 310 g/mol. The van der Waals surface area contributed by atoms with Crippen molar-refractivity contribution in [1.82, 2.24) is 19.6 Å². The van der Waals surface area contributed by atoms with Gasteiger partial charge in [-0.1, -0.05) is 13.3 Å². The Hall–Kier alpha value is -2.47. The maximum absolute atomic E-state index is 5.58. The highest BCUT2D eigenvalue weighted by atomic mass is 15.3. The fraction of sp³-hybridized carbons (Fsp3) is 0.353. The molecule has 3 aromatic rings. The Kier molecular flexibility index (Phi) is 4.83. The van der Waals surface area contributed by atoms with Crippen molar-refractivity contribution in [2.45, 2.75) is 26.2 Å². The van der Waals surface area contributed by atoms with Crippen molar-refractivity contribution in [2.75, 3.05) is 18.4 Å². The number of nitrogens with zero attached hydrogens (tertiary/aromatic N) is 4. The molecule has 0 spiro atoms. The molecular weight excluding hydrogens is 288 g/mol. The van der Waals surface area contributed by atoms with Crippen molar-refractivity contribution in [2.24, 2.45) is 5.73 Å². The topological polar surface area (TPSA) is 81.1 Å². The summed E-state index contributed by atoms with van der Waals surface area (Å²) in [5, 5.41) is 8.12. The van der Waals surface area contributed by atoms with Gasteiger partial charge in [-0.3, -0.25) is 4.98 Å². The van der Waals surface area contributed by atoms with E-state index in [0.717, 1.165) is 54.2 Å². The molecule has 6 heteroatoms. The fourth-order valence-corrected chi connectivity index (χ4v) is 2.52. The maximum Gasteiger partial charge on any atom is 0.158 e. The molecule has 0 aliphatic heterocycles. The number of rotatable bonds is 7. The molecule has 0 aliphatic carbocycles. The zero-order valence-corrected chi connectivity index (χ0v) is 13.4. The minimum atomic E-state index is 0.671. The van der Waals surface area contributed by atoms with Crippen molar-refractivity contribution in [1.29, 1.82) is 0 Å². The third kappa shape index (κ3) is 3.48. The van der Waals surface area contributed by atoms with Crippen LogP contribution in [0.3, 0.4) is 0 Å². The average Bonchev–Trinajstić information content (AvgIpc) is 3.00. The molecular formula is C17H22N6. The van der Waals surface area contributed by atoms with Crippen LogP contribution in [0.4, 0.5) is 5.82 Å². The zero-order chi connectivity index (χ0) is 16.1. The average molecular weight is 310 g/mol. The highest BCUT2D eigenvalue weighted by molar-refractivity contribution is 5.65. The first-order chi connectivity index (χ1) is 11.3. The largest absolute Gasteiger partial charge is 0.370 e. The molecule has 0 unspecified atom stereocenters. The third-order valence-corrected chi connectivity index (χ3v) is 3.65. The number of anilines is 1. The third-order valence-electron chi connectivity index (χ3n) is 3.65. The molecule has 3 heterocycles. The summed E-state index contributed by atoms with van der Waals surface area (Å²) < 4.78 is 1.87. The van der Waals surface area contributed by atoms with Crippen LogP contribution in [-0.4, -0.2) is 32.7 Å². The van der Waals surface area contributed by atoms with Gasteiger partial charge in [0.15, 0.2) is 5.65 Å². The Balaban J connectivity index is 2.02. The Bertz CT molecular complexity index is 765. The van der Waals surface area contributed by atoms with Crippen LogP contribution >= 0.6 is 0 Å². The van der Waals surface area contributed by atoms with Gasteiger partial charge in [0.25, 0.3) is 0 Å². The zero-order valence-electron chi connectivity index (χ0n) is 13.4. The molecule has 0 fully saturated rings. The highest BCUT2D eigenvalue weighted by Gasteiger charge is 2.10. The van der Waals surface area contributed by atoms with E-state index in [2.05, 4.69) is 23.3 Å². The van der Waals surface area contributed by atoms with Crippen molar-refractivity contribution >= 4 is 11.5 Å². The van der Waals surface area contributed by atoms with Gasteiger partial charge in [0.1, 0.15) is 5.82 Å². The molecule has 0 aliphatic rings. The van der Waals surface area contributed by atoms with Crippen LogP contribution in [0, 0.1) is 0 Å². The van der Waals surface area contributed by atoms with Crippen LogP contribution in [0.5, 0.6) is 0 Å². The Morgan fingerprint density at radius 3 is 2.78 bits per heavy atom. The lowest BCUT2D eigenvalue weighted by Crippen LogP contribution is -2.12. The van der Waals surface area contributed by atoms with E-state index in [1.807, 2.05) is 22.7 Å². The van der Waals surface area contributed by atoms with Crippen molar-refractivity contribution in [3.05, 3.63) is 42.4 Å². The lowest BCUT2D eigenvalue weighted by Gasteiger charge is -2.09. The fourth-order valence-electron chi connectivity index (χ4n) is 2.52. The summed E-state index contributed by atoms with van der Waals surface area (Å²) in [6.07, 6.45) is 6.49. The smallest absolute Gasteiger partial charge is 0.158 e. The maximum atomic E-state index is 5.58. The number of aromatic nitrogens is 4. The first-order valence-corrected chi connectivity index (χ1v) is 8.06. The number of fused-ring (bicyclic) bond motifs is 1. The van der Waals surface area contributed by atoms with E-state index >= 15 is 0 Å². The summed E-state index contributed by atoms with van der Waals surface area (Å²) >= 11 is 0. The quantitative estimate of drug-likeness (QED) is 0.655. The van der Waals surface area contributed by atoms with Crippen LogP contribution in [0.2, 0.25) is 0 Å². The van der Waals surface area contributed by atoms with Crippen LogP contribution in [0.1, 0.15) is 25.5 Å². The van der Waals surface area contributed by atoms with Gasteiger partial charge in [-0.2, -0.15) is 9.61 Å². The molecule has 0 amide bonds. The molecule has 0 saturated heterocycles. The number of hydrogen-bond acceptors (Lipinski definition) is 5. The molecule has 0 radical (unpaired) electrons. The Morgan fingerprint density at radius 1 is 1.22 bits per heavy atom. The molecule has 3 aromatic heterocycles. The van der Waals surface area contributed by atoms with Gasteiger partial charge in [-0.25, -0.2) is 4.98 Å². The lowest BCUT2D eigenvalue weighted by molar-refractivity contribution is 0.835. The lowest BCUT2D eigenvalue weighted by atomic mass is 10.2. The summed E-state index contributed by atoms with van der Waals surface area (Å²) in [6.45, 7) is 3.65. The summed E-state index contributed by atoms with van der Waals surface area (Å²) in [5.41, 5.74) is 9.46. The second kappa shape index (κ2) is 7.19. The first-order valence-electron chi connectivity index (χ1n) is 8.06. The number of nitrogens with two attached hydrogens (primary N) is 1. The summed E-state index contributed by atoms with van der Waals surface area (Å²) in [4.78, 5) is 8.78. The Labute approximate surface area is 135 Å². The molecule has 0 aromatic carbocycles. The molecule has 3 N–H and O–H groups in total. The van der Waals surface area contributed by atoms with Gasteiger partial charge < -0.3 is 11.1 Å². The van der Waals surface area contributed by atoms with Crippen molar-refractivity contribution in [3.63, 3.8) is 0 Å². The van der Waals surface area contributed by atoms with Crippen LogP contribution in [-0.2, 0) is 6.42 Å². The van der Waals surface area contributed by atoms with Crippen molar-refractivity contribution < 1.29 is 0 Å².